The van der Waals surface area contributed by atoms with Gasteiger partial charge in [0.2, 0.25) is 5.91 Å². The van der Waals surface area contributed by atoms with Gasteiger partial charge in [0.15, 0.2) is 0 Å². The van der Waals surface area contributed by atoms with Crippen molar-refractivity contribution in [2.45, 2.75) is 13.5 Å². The van der Waals surface area contributed by atoms with Crippen LogP contribution in [0.2, 0.25) is 0 Å². The quantitative estimate of drug-likeness (QED) is 0.714. The minimum absolute atomic E-state index is 0.0285. The third-order valence-corrected chi connectivity index (χ3v) is 2.79. The zero-order chi connectivity index (χ0) is 12.3. The van der Waals surface area contributed by atoms with Crippen LogP contribution in [-0.2, 0) is 11.3 Å². The number of piperazine rings is 1. The molecule has 0 aliphatic carbocycles. The molecule has 0 radical (unpaired) electrons. The van der Waals surface area contributed by atoms with Gasteiger partial charge >= 0.3 is 5.69 Å². The Labute approximate surface area is 99.3 Å². The van der Waals surface area contributed by atoms with Crippen LogP contribution in [0.25, 0.3) is 0 Å². The molecule has 2 heterocycles. The van der Waals surface area contributed by atoms with Crippen LogP contribution >= 0.6 is 0 Å². The largest absolute Gasteiger partial charge is 0.348 e. The van der Waals surface area contributed by atoms with Gasteiger partial charge in [0.25, 0.3) is 0 Å². The van der Waals surface area contributed by atoms with Crippen molar-refractivity contribution < 1.29 is 4.79 Å². The van der Waals surface area contributed by atoms with E-state index in [1.54, 1.807) is 24.1 Å². The maximum Gasteiger partial charge on any atom is 0.348 e. The van der Waals surface area contributed by atoms with Crippen molar-refractivity contribution >= 4 is 5.91 Å². The minimum Gasteiger partial charge on any atom is -0.339 e. The molecule has 1 aromatic rings. The molecule has 0 bridgehead atoms. The molecule has 1 aliphatic heterocycles. The molecule has 1 aliphatic rings. The van der Waals surface area contributed by atoms with E-state index in [1.807, 2.05) is 0 Å². The first-order valence-corrected chi connectivity index (χ1v) is 5.69. The predicted molar refractivity (Wildman–Crippen MR) is 62.7 cm³/mol. The van der Waals surface area contributed by atoms with Crippen molar-refractivity contribution in [3.63, 3.8) is 0 Å². The molecule has 1 fully saturated rings. The van der Waals surface area contributed by atoms with E-state index >= 15 is 0 Å². The summed E-state index contributed by atoms with van der Waals surface area (Å²) < 4.78 is 1.34. The molecule has 1 aromatic heterocycles. The second kappa shape index (κ2) is 5.09. The van der Waals surface area contributed by atoms with Crippen LogP contribution < -0.4 is 11.0 Å². The number of hydrogen-bond acceptors (Lipinski definition) is 4. The van der Waals surface area contributed by atoms with Crippen molar-refractivity contribution in [1.29, 1.82) is 0 Å². The Morgan fingerprint density at radius 1 is 1.47 bits per heavy atom. The van der Waals surface area contributed by atoms with Crippen LogP contribution in [0.15, 0.2) is 17.1 Å². The number of amides is 1. The molecule has 6 nitrogen and oxygen atoms in total. The summed E-state index contributed by atoms with van der Waals surface area (Å²) in [6, 6.07) is 1.73. The standard InChI is InChI=1S/C11H16N4O2/c1-9-2-5-15(11(17)13-9)8-10(16)14-6-3-12-4-7-14/h2,5,12H,3-4,6-8H2,1H3. The van der Waals surface area contributed by atoms with Gasteiger partial charge in [-0.25, -0.2) is 4.79 Å². The van der Waals surface area contributed by atoms with E-state index in [0.29, 0.717) is 18.8 Å². The highest BCUT2D eigenvalue weighted by molar-refractivity contribution is 5.76. The van der Waals surface area contributed by atoms with Crippen molar-refractivity contribution in [2.75, 3.05) is 26.2 Å². The Kier molecular flexibility index (Phi) is 3.53. The molecule has 1 N–H and O–H groups in total. The molecule has 0 saturated carbocycles. The average molecular weight is 236 g/mol. The third-order valence-electron chi connectivity index (χ3n) is 2.79. The Balaban J connectivity index is 2.04. The molecule has 0 aromatic carbocycles. The maximum atomic E-state index is 11.9. The first kappa shape index (κ1) is 11.8. The fourth-order valence-corrected chi connectivity index (χ4v) is 1.79. The predicted octanol–water partition coefficient (Wildman–Crippen LogP) is -1.02. The number of carbonyl (C=O) groups excluding carboxylic acids is 1. The molecule has 1 amide bonds. The number of rotatable bonds is 2. The summed E-state index contributed by atoms with van der Waals surface area (Å²) in [4.78, 5) is 29.0. The van der Waals surface area contributed by atoms with Crippen molar-refractivity contribution in [2.24, 2.45) is 0 Å². The summed E-state index contributed by atoms with van der Waals surface area (Å²) in [6.07, 6.45) is 1.62. The summed E-state index contributed by atoms with van der Waals surface area (Å²) in [5.74, 6) is -0.0285. The Bertz CT molecular complexity index is 463. The van der Waals surface area contributed by atoms with Crippen LogP contribution in [0.5, 0.6) is 0 Å². The van der Waals surface area contributed by atoms with E-state index in [-0.39, 0.29) is 18.1 Å². The van der Waals surface area contributed by atoms with Gasteiger partial charge in [0.05, 0.1) is 0 Å². The average Bonchev–Trinajstić information content (AvgIpc) is 2.34. The van der Waals surface area contributed by atoms with Crippen LogP contribution in [-0.4, -0.2) is 46.5 Å². The van der Waals surface area contributed by atoms with Gasteiger partial charge in [-0.1, -0.05) is 0 Å². The summed E-state index contributed by atoms with van der Waals surface area (Å²) in [5, 5.41) is 3.18. The smallest absolute Gasteiger partial charge is 0.339 e. The van der Waals surface area contributed by atoms with Gasteiger partial charge in [-0.05, 0) is 13.0 Å². The first-order chi connectivity index (χ1) is 8.16. The lowest BCUT2D eigenvalue weighted by atomic mass is 10.3. The van der Waals surface area contributed by atoms with Gasteiger partial charge in [0, 0.05) is 38.1 Å². The van der Waals surface area contributed by atoms with E-state index < -0.39 is 0 Å². The second-order valence-corrected chi connectivity index (χ2v) is 4.11. The van der Waals surface area contributed by atoms with E-state index in [2.05, 4.69) is 10.3 Å². The Morgan fingerprint density at radius 2 is 2.18 bits per heavy atom. The van der Waals surface area contributed by atoms with E-state index in [0.717, 1.165) is 13.1 Å². The van der Waals surface area contributed by atoms with Gasteiger partial charge in [-0.15, -0.1) is 0 Å². The number of nitrogens with zero attached hydrogens (tertiary/aromatic N) is 3. The van der Waals surface area contributed by atoms with Gasteiger partial charge in [0.1, 0.15) is 6.54 Å². The van der Waals surface area contributed by atoms with Crippen molar-refractivity contribution in [3.8, 4) is 0 Å². The maximum absolute atomic E-state index is 11.9. The highest BCUT2D eigenvalue weighted by Crippen LogP contribution is 1.96. The fraction of sp³-hybridized carbons (Fsp3) is 0.545. The monoisotopic (exact) mass is 236 g/mol. The molecule has 1 saturated heterocycles. The summed E-state index contributed by atoms with van der Waals surface area (Å²) in [7, 11) is 0. The zero-order valence-corrected chi connectivity index (χ0v) is 9.85. The number of aromatic nitrogens is 2. The lowest BCUT2D eigenvalue weighted by Crippen LogP contribution is -2.48. The molecule has 0 atom stereocenters. The number of hydrogen-bond donors (Lipinski definition) is 1. The van der Waals surface area contributed by atoms with Crippen LogP contribution in [0, 0.1) is 6.92 Å². The van der Waals surface area contributed by atoms with Gasteiger partial charge in [-0.2, -0.15) is 4.98 Å². The van der Waals surface area contributed by atoms with E-state index in [1.165, 1.54) is 4.57 Å². The van der Waals surface area contributed by atoms with Crippen molar-refractivity contribution in [3.05, 3.63) is 28.4 Å². The molecule has 0 spiro atoms. The molecule has 92 valence electrons. The fourth-order valence-electron chi connectivity index (χ4n) is 1.79. The number of aryl methyl sites for hydroxylation is 1. The number of nitrogens with one attached hydrogen (secondary N) is 1. The lowest BCUT2D eigenvalue weighted by Gasteiger charge is -2.27. The summed E-state index contributed by atoms with van der Waals surface area (Å²) in [5.41, 5.74) is 0.300. The molecular formula is C11H16N4O2. The highest BCUT2D eigenvalue weighted by atomic mass is 16.2. The zero-order valence-electron chi connectivity index (χ0n) is 9.85. The van der Waals surface area contributed by atoms with Crippen LogP contribution in [0.3, 0.4) is 0 Å². The Morgan fingerprint density at radius 3 is 2.82 bits per heavy atom. The SMILES string of the molecule is Cc1ccn(CC(=O)N2CCNCC2)c(=O)n1. The van der Waals surface area contributed by atoms with Crippen LogP contribution in [0.1, 0.15) is 5.69 Å². The van der Waals surface area contributed by atoms with E-state index in [9.17, 15) is 9.59 Å². The van der Waals surface area contributed by atoms with E-state index in [4.69, 9.17) is 0 Å². The first-order valence-electron chi connectivity index (χ1n) is 5.69. The third kappa shape index (κ3) is 2.91. The normalized spacial score (nSPS) is 15.9. The molecule has 2 rings (SSSR count). The van der Waals surface area contributed by atoms with Gasteiger partial charge < -0.3 is 10.2 Å². The molecule has 0 unspecified atom stereocenters. The second-order valence-electron chi connectivity index (χ2n) is 4.11. The number of carbonyl (C=O) groups is 1. The lowest BCUT2D eigenvalue weighted by molar-refractivity contribution is -0.132. The minimum atomic E-state index is -0.367. The van der Waals surface area contributed by atoms with Gasteiger partial charge in [-0.3, -0.25) is 9.36 Å². The molecular weight excluding hydrogens is 220 g/mol. The van der Waals surface area contributed by atoms with Crippen LogP contribution in [0.4, 0.5) is 0 Å². The topological polar surface area (TPSA) is 67.2 Å². The Hall–Kier alpha value is -1.69. The summed E-state index contributed by atoms with van der Waals surface area (Å²) in [6.45, 7) is 4.86. The molecule has 6 heteroatoms. The highest BCUT2D eigenvalue weighted by Gasteiger charge is 2.16. The summed E-state index contributed by atoms with van der Waals surface area (Å²) >= 11 is 0. The molecule has 17 heavy (non-hydrogen) atoms. The van der Waals surface area contributed by atoms with Crippen molar-refractivity contribution in [1.82, 2.24) is 19.8 Å².